The number of carbonyl (C=O) groups excluding carboxylic acids is 3. The van der Waals surface area contributed by atoms with E-state index >= 15 is 0 Å². The lowest BCUT2D eigenvalue weighted by Gasteiger charge is -2.08. The van der Waals surface area contributed by atoms with Gasteiger partial charge in [-0.2, -0.15) is 4.99 Å². The minimum absolute atomic E-state index is 0.0160. The van der Waals surface area contributed by atoms with Gasteiger partial charge >= 0.3 is 0 Å². The molecule has 6 nitrogen and oxygen atoms in total. The molecule has 0 aliphatic carbocycles. The normalized spacial score (nSPS) is 17.8. The van der Waals surface area contributed by atoms with E-state index in [-0.39, 0.29) is 29.2 Å². The van der Waals surface area contributed by atoms with Gasteiger partial charge in [0.15, 0.2) is 11.0 Å². The average Bonchev–Trinajstić information content (AvgIpc) is 2.68. The van der Waals surface area contributed by atoms with Crippen molar-refractivity contribution in [2.45, 2.75) is 18.6 Å². The van der Waals surface area contributed by atoms with E-state index in [1.807, 2.05) is 0 Å². The molecule has 3 N–H and O–H groups in total. The first kappa shape index (κ1) is 14.3. The summed E-state index contributed by atoms with van der Waals surface area (Å²) in [5.74, 6) is -0.714. The summed E-state index contributed by atoms with van der Waals surface area (Å²) >= 11 is 1.09. The van der Waals surface area contributed by atoms with E-state index in [1.54, 1.807) is 24.3 Å². The maximum absolute atomic E-state index is 11.8. The summed E-state index contributed by atoms with van der Waals surface area (Å²) in [5, 5.41) is 2.31. The summed E-state index contributed by atoms with van der Waals surface area (Å²) in [4.78, 5) is 37.9. The molecule has 2 amide bonds. The Bertz CT molecular complexity index is 595. The van der Waals surface area contributed by atoms with E-state index in [4.69, 9.17) is 5.73 Å². The number of nitrogens with two attached hydrogens (primary N) is 1. The Kier molecular flexibility index (Phi) is 4.19. The summed E-state index contributed by atoms with van der Waals surface area (Å²) in [7, 11) is 0. The van der Waals surface area contributed by atoms with Gasteiger partial charge in [0.1, 0.15) is 5.25 Å². The predicted molar refractivity (Wildman–Crippen MR) is 77.7 cm³/mol. The number of nitrogens with zero attached hydrogens (tertiary/aromatic N) is 1. The highest BCUT2D eigenvalue weighted by atomic mass is 32.2. The molecule has 0 spiro atoms. The van der Waals surface area contributed by atoms with Crippen molar-refractivity contribution >= 4 is 40.2 Å². The highest BCUT2D eigenvalue weighted by Gasteiger charge is 2.29. The fourth-order valence-corrected chi connectivity index (χ4v) is 2.52. The van der Waals surface area contributed by atoms with Crippen LogP contribution in [0.4, 0.5) is 5.69 Å². The van der Waals surface area contributed by atoms with Crippen LogP contribution < -0.4 is 11.1 Å². The number of amides is 2. The molecule has 0 aromatic heterocycles. The molecule has 1 heterocycles. The summed E-state index contributed by atoms with van der Waals surface area (Å²) in [6.07, 6.45) is 0.0160. The summed E-state index contributed by atoms with van der Waals surface area (Å²) in [6.45, 7) is 1.47. The molecule has 0 saturated heterocycles. The lowest BCUT2D eigenvalue weighted by molar-refractivity contribution is -0.121. The molecular weight excluding hydrogens is 278 g/mol. The smallest absolute Gasteiger partial charge is 0.262 e. The first-order valence-corrected chi connectivity index (χ1v) is 6.79. The highest BCUT2D eigenvalue weighted by molar-refractivity contribution is 8.15. The number of hydrogen-bond donors (Lipinski definition) is 2. The van der Waals surface area contributed by atoms with Crippen LogP contribution in [-0.4, -0.2) is 28.0 Å². The molecule has 0 unspecified atom stereocenters. The Morgan fingerprint density at radius 2 is 2.00 bits per heavy atom. The van der Waals surface area contributed by atoms with E-state index in [2.05, 4.69) is 10.3 Å². The van der Waals surface area contributed by atoms with Crippen LogP contribution in [0.1, 0.15) is 23.7 Å². The molecule has 20 heavy (non-hydrogen) atoms. The number of amidine groups is 1. The molecule has 1 aliphatic rings. The van der Waals surface area contributed by atoms with Crippen molar-refractivity contribution in [3.05, 3.63) is 29.8 Å². The first-order valence-electron chi connectivity index (χ1n) is 5.91. The Hall–Kier alpha value is -2.15. The van der Waals surface area contributed by atoms with Gasteiger partial charge in [-0.3, -0.25) is 14.4 Å². The van der Waals surface area contributed by atoms with E-state index < -0.39 is 5.25 Å². The van der Waals surface area contributed by atoms with Crippen LogP contribution in [0.5, 0.6) is 0 Å². The molecule has 0 saturated carbocycles. The number of anilines is 1. The zero-order valence-corrected chi connectivity index (χ0v) is 11.6. The van der Waals surface area contributed by atoms with E-state index in [0.29, 0.717) is 11.3 Å². The van der Waals surface area contributed by atoms with Crippen LogP contribution in [0.3, 0.4) is 0 Å². The van der Waals surface area contributed by atoms with Crippen molar-refractivity contribution in [2.75, 3.05) is 5.32 Å². The summed E-state index contributed by atoms with van der Waals surface area (Å²) < 4.78 is 0. The van der Waals surface area contributed by atoms with Crippen molar-refractivity contribution in [3.8, 4) is 0 Å². The number of thioether (sulfide) groups is 1. The van der Waals surface area contributed by atoms with Crippen LogP contribution in [0.15, 0.2) is 29.3 Å². The monoisotopic (exact) mass is 291 g/mol. The zero-order valence-electron chi connectivity index (χ0n) is 10.8. The van der Waals surface area contributed by atoms with Crippen LogP contribution in [0, 0.1) is 0 Å². The quantitative estimate of drug-likeness (QED) is 0.811. The van der Waals surface area contributed by atoms with Gasteiger partial charge in [0, 0.05) is 17.7 Å². The van der Waals surface area contributed by atoms with Crippen LogP contribution >= 0.6 is 11.8 Å². The molecule has 104 valence electrons. The van der Waals surface area contributed by atoms with Gasteiger partial charge < -0.3 is 11.1 Å². The molecule has 1 aliphatic heterocycles. The molecule has 1 aromatic rings. The molecule has 2 rings (SSSR count). The Morgan fingerprint density at radius 1 is 1.35 bits per heavy atom. The summed E-state index contributed by atoms with van der Waals surface area (Å²) in [6, 6.07) is 6.55. The largest absolute Gasteiger partial charge is 0.378 e. The lowest BCUT2D eigenvalue weighted by atomic mass is 10.1. The second-order valence-electron chi connectivity index (χ2n) is 4.28. The maximum atomic E-state index is 11.8. The fraction of sp³-hybridized carbons (Fsp3) is 0.231. The molecule has 0 bridgehead atoms. The molecule has 1 atom stereocenters. The third-order valence-corrected chi connectivity index (χ3v) is 3.69. The van der Waals surface area contributed by atoms with Crippen molar-refractivity contribution in [2.24, 2.45) is 10.7 Å². The van der Waals surface area contributed by atoms with Gasteiger partial charge in [-0.1, -0.05) is 11.8 Å². The fourth-order valence-electron chi connectivity index (χ4n) is 1.70. The predicted octanol–water partition coefficient (Wildman–Crippen LogP) is 1.17. The Labute approximate surface area is 119 Å². The first-order chi connectivity index (χ1) is 9.45. The molecule has 1 aromatic carbocycles. The number of carbonyl (C=O) groups is 3. The van der Waals surface area contributed by atoms with Gasteiger partial charge in [0.05, 0.1) is 0 Å². The zero-order chi connectivity index (χ0) is 14.7. The van der Waals surface area contributed by atoms with Gasteiger partial charge in [-0.15, -0.1) is 0 Å². The van der Waals surface area contributed by atoms with Gasteiger partial charge in [0.25, 0.3) is 5.91 Å². The summed E-state index contributed by atoms with van der Waals surface area (Å²) in [5.41, 5.74) is 6.57. The van der Waals surface area contributed by atoms with Crippen molar-refractivity contribution in [3.63, 3.8) is 0 Å². The minimum atomic E-state index is -0.550. The van der Waals surface area contributed by atoms with E-state index in [0.717, 1.165) is 11.8 Å². The van der Waals surface area contributed by atoms with Crippen molar-refractivity contribution < 1.29 is 14.4 Å². The topological polar surface area (TPSA) is 102 Å². The number of aliphatic imine (C=N–C) groups is 1. The minimum Gasteiger partial charge on any atom is -0.378 e. The Balaban J connectivity index is 1.92. The third kappa shape index (κ3) is 3.45. The van der Waals surface area contributed by atoms with Gasteiger partial charge in [-0.05, 0) is 31.2 Å². The number of Topliss-reactive ketones (excluding diaryl/α,β-unsaturated/α-hetero) is 1. The SMILES string of the molecule is CC(=O)c1ccc(NC(=O)C[C@H]2SC(N)=NC2=O)cc1. The second kappa shape index (κ2) is 5.87. The standard InChI is InChI=1S/C13H13N3O3S/c1-7(17)8-2-4-9(5-3-8)15-11(18)6-10-12(19)16-13(14)20-10/h2-5,10H,6H2,1H3,(H,15,18)(H2,14,16,19)/t10-/m1/s1. The Morgan fingerprint density at radius 3 is 2.50 bits per heavy atom. The molecule has 7 heteroatoms. The number of rotatable bonds is 4. The second-order valence-corrected chi connectivity index (χ2v) is 5.50. The highest BCUT2D eigenvalue weighted by Crippen LogP contribution is 2.23. The van der Waals surface area contributed by atoms with Crippen molar-refractivity contribution in [1.29, 1.82) is 0 Å². The van der Waals surface area contributed by atoms with Crippen LogP contribution in [-0.2, 0) is 9.59 Å². The van der Waals surface area contributed by atoms with Gasteiger partial charge in [-0.25, -0.2) is 0 Å². The number of hydrogen-bond acceptors (Lipinski definition) is 5. The lowest BCUT2D eigenvalue weighted by Crippen LogP contribution is -2.21. The number of ketones is 1. The van der Waals surface area contributed by atoms with E-state index in [9.17, 15) is 14.4 Å². The molecule has 0 fully saturated rings. The molecule has 0 radical (unpaired) electrons. The van der Waals surface area contributed by atoms with Crippen LogP contribution in [0.2, 0.25) is 0 Å². The van der Waals surface area contributed by atoms with E-state index in [1.165, 1.54) is 6.92 Å². The van der Waals surface area contributed by atoms with Crippen LogP contribution in [0.25, 0.3) is 0 Å². The van der Waals surface area contributed by atoms with Crippen molar-refractivity contribution in [1.82, 2.24) is 0 Å². The molecular formula is C13H13N3O3S. The number of benzene rings is 1. The average molecular weight is 291 g/mol. The number of nitrogens with one attached hydrogen (secondary N) is 1. The third-order valence-electron chi connectivity index (χ3n) is 2.70. The maximum Gasteiger partial charge on any atom is 0.262 e. The van der Waals surface area contributed by atoms with Gasteiger partial charge in [0.2, 0.25) is 5.91 Å².